The van der Waals surface area contributed by atoms with Gasteiger partial charge in [-0.15, -0.1) is 0 Å². The van der Waals surface area contributed by atoms with E-state index < -0.39 is 5.82 Å². The van der Waals surface area contributed by atoms with Gasteiger partial charge in [0.05, 0.1) is 5.56 Å². The summed E-state index contributed by atoms with van der Waals surface area (Å²) in [4.78, 5) is 29.7. The zero-order valence-corrected chi connectivity index (χ0v) is 15.0. The molecule has 8 nitrogen and oxygen atoms in total. The van der Waals surface area contributed by atoms with Crippen molar-refractivity contribution in [2.45, 2.75) is 19.3 Å². The summed E-state index contributed by atoms with van der Waals surface area (Å²) in [5.41, 5.74) is 0.150. The molecule has 1 aromatic carbocycles. The number of H-pyrrole nitrogens is 1. The first-order chi connectivity index (χ1) is 13.6. The number of rotatable bonds is 4. The van der Waals surface area contributed by atoms with Crippen LogP contribution < -0.4 is 5.56 Å². The Labute approximate surface area is 159 Å². The van der Waals surface area contributed by atoms with E-state index in [-0.39, 0.29) is 28.9 Å². The molecule has 0 bridgehead atoms. The van der Waals surface area contributed by atoms with Crippen LogP contribution in [0, 0.1) is 11.7 Å². The van der Waals surface area contributed by atoms with E-state index >= 15 is 0 Å². The topological polar surface area (TPSA) is 105 Å². The van der Waals surface area contributed by atoms with Gasteiger partial charge in [0.25, 0.3) is 11.5 Å². The van der Waals surface area contributed by atoms with E-state index in [1.54, 1.807) is 23.1 Å². The van der Waals surface area contributed by atoms with Gasteiger partial charge in [-0.25, -0.2) is 9.49 Å². The van der Waals surface area contributed by atoms with Crippen molar-refractivity contribution in [1.82, 2.24) is 25.2 Å². The lowest BCUT2D eigenvalue weighted by molar-refractivity contribution is 0.0661. The Morgan fingerprint density at radius 3 is 2.93 bits per heavy atom. The molecule has 0 aliphatic carbocycles. The minimum absolute atomic E-state index is 0.148. The van der Waals surface area contributed by atoms with E-state index in [2.05, 4.69) is 20.3 Å². The lowest BCUT2D eigenvalue weighted by atomic mass is 9.94. The number of benzene rings is 1. The van der Waals surface area contributed by atoms with Crippen LogP contribution in [0.4, 0.5) is 4.39 Å². The van der Waals surface area contributed by atoms with Gasteiger partial charge in [-0.1, -0.05) is 17.3 Å². The van der Waals surface area contributed by atoms with Crippen molar-refractivity contribution in [3.63, 3.8) is 0 Å². The van der Waals surface area contributed by atoms with Gasteiger partial charge >= 0.3 is 0 Å². The Balaban J connectivity index is 1.43. The Kier molecular flexibility index (Phi) is 4.96. The molecule has 9 heteroatoms. The third kappa shape index (κ3) is 3.83. The number of nitrogens with zero attached hydrogens (tertiary/aromatic N) is 4. The van der Waals surface area contributed by atoms with E-state index in [9.17, 15) is 14.0 Å². The SMILES string of the molecule is O=C(c1ccc(=O)[nH]n1)N1CCC[C@H](Cc2nc(-c3ccccc3F)no2)C1. The molecule has 1 aliphatic rings. The van der Waals surface area contributed by atoms with Crippen LogP contribution in [-0.2, 0) is 6.42 Å². The summed E-state index contributed by atoms with van der Waals surface area (Å²) < 4.78 is 19.2. The highest BCUT2D eigenvalue weighted by molar-refractivity contribution is 5.92. The molecule has 1 saturated heterocycles. The molecule has 1 atom stereocenters. The van der Waals surface area contributed by atoms with E-state index in [1.807, 2.05) is 0 Å². The summed E-state index contributed by atoms with van der Waals surface area (Å²) >= 11 is 0. The molecule has 1 aliphatic heterocycles. The number of piperidine rings is 1. The predicted octanol–water partition coefficient (Wildman–Crippen LogP) is 2.05. The van der Waals surface area contributed by atoms with Crippen molar-refractivity contribution in [2.75, 3.05) is 13.1 Å². The molecule has 0 radical (unpaired) electrons. The van der Waals surface area contributed by atoms with Crippen LogP contribution in [0.3, 0.4) is 0 Å². The Hall–Kier alpha value is -3.36. The maximum atomic E-state index is 13.9. The molecule has 3 aromatic rings. The fourth-order valence-electron chi connectivity index (χ4n) is 3.38. The molecule has 0 saturated carbocycles. The third-order valence-corrected chi connectivity index (χ3v) is 4.75. The number of carbonyl (C=O) groups is 1. The van der Waals surface area contributed by atoms with E-state index in [0.29, 0.717) is 31.0 Å². The van der Waals surface area contributed by atoms with Crippen molar-refractivity contribution < 1.29 is 13.7 Å². The highest BCUT2D eigenvalue weighted by Crippen LogP contribution is 2.24. The second-order valence-corrected chi connectivity index (χ2v) is 6.76. The van der Waals surface area contributed by atoms with Crippen LogP contribution in [0.1, 0.15) is 29.2 Å². The van der Waals surface area contributed by atoms with Gasteiger partial charge in [-0.05, 0) is 37.0 Å². The summed E-state index contributed by atoms with van der Waals surface area (Å²) in [6.45, 7) is 1.15. The number of likely N-dealkylation sites (tertiary alicyclic amines) is 1. The fourth-order valence-corrected chi connectivity index (χ4v) is 3.38. The molecule has 2 aromatic heterocycles. The van der Waals surface area contributed by atoms with Crippen LogP contribution in [0.25, 0.3) is 11.4 Å². The van der Waals surface area contributed by atoms with Crippen LogP contribution >= 0.6 is 0 Å². The van der Waals surface area contributed by atoms with E-state index in [4.69, 9.17) is 4.52 Å². The van der Waals surface area contributed by atoms with Gasteiger partial charge in [0.1, 0.15) is 11.5 Å². The average molecular weight is 383 g/mol. The highest BCUT2D eigenvalue weighted by Gasteiger charge is 2.27. The number of halogens is 1. The number of carbonyl (C=O) groups excluding carboxylic acids is 1. The van der Waals surface area contributed by atoms with E-state index in [1.165, 1.54) is 18.2 Å². The highest BCUT2D eigenvalue weighted by atomic mass is 19.1. The largest absolute Gasteiger partial charge is 0.339 e. The van der Waals surface area contributed by atoms with Gasteiger partial charge in [0, 0.05) is 25.6 Å². The summed E-state index contributed by atoms with van der Waals surface area (Å²) in [6.07, 6.45) is 2.26. The van der Waals surface area contributed by atoms with Gasteiger partial charge in [0.15, 0.2) is 0 Å². The molecule has 144 valence electrons. The third-order valence-electron chi connectivity index (χ3n) is 4.75. The number of hydrogen-bond donors (Lipinski definition) is 1. The Bertz CT molecular complexity index is 1030. The normalized spacial score (nSPS) is 16.9. The molecule has 1 N–H and O–H groups in total. The maximum Gasteiger partial charge on any atom is 0.274 e. The molecule has 4 rings (SSSR count). The molecular formula is C19H18FN5O3. The second kappa shape index (κ2) is 7.71. The fraction of sp³-hybridized carbons (Fsp3) is 0.316. The zero-order chi connectivity index (χ0) is 19.5. The molecular weight excluding hydrogens is 365 g/mol. The van der Waals surface area contributed by atoms with Crippen molar-refractivity contribution in [3.8, 4) is 11.4 Å². The first kappa shape index (κ1) is 18.0. The maximum absolute atomic E-state index is 13.9. The zero-order valence-electron chi connectivity index (χ0n) is 15.0. The Morgan fingerprint density at radius 1 is 1.29 bits per heavy atom. The van der Waals surface area contributed by atoms with Crippen molar-refractivity contribution in [3.05, 3.63) is 64.2 Å². The first-order valence-electron chi connectivity index (χ1n) is 9.02. The van der Waals surface area contributed by atoms with Gasteiger partial charge in [-0.3, -0.25) is 9.59 Å². The lowest BCUT2D eigenvalue weighted by Gasteiger charge is -2.31. The molecule has 0 spiro atoms. The molecule has 3 heterocycles. The standard InChI is InChI=1S/C19H18FN5O3/c20-14-6-2-1-5-13(14)18-21-17(28-24-18)10-12-4-3-9-25(11-12)19(27)15-7-8-16(26)23-22-15/h1-2,5-8,12H,3-4,9-11H2,(H,23,26)/t12-/m1/s1. The lowest BCUT2D eigenvalue weighted by Crippen LogP contribution is -2.41. The summed E-state index contributed by atoms with van der Waals surface area (Å²) in [5.74, 6) is 0.152. The van der Waals surface area contributed by atoms with Crippen molar-refractivity contribution in [1.29, 1.82) is 0 Å². The second-order valence-electron chi connectivity index (χ2n) is 6.76. The van der Waals surface area contributed by atoms with Crippen LogP contribution in [0.2, 0.25) is 0 Å². The van der Waals surface area contributed by atoms with Crippen molar-refractivity contribution >= 4 is 5.91 Å². The predicted molar refractivity (Wildman–Crippen MR) is 96.9 cm³/mol. The molecule has 1 fully saturated rings. The monoisotopic (exact) mass is 383 g/mol. The number of hydrogen-bond acceptors (Lipinski definition) is 6. The number of amides is 1. The smallest absolute Gasteiger partial charge is 0.274 e. The van der Waals surface area contributed by atoms with Crippen LogP contribution in [-0.4, -0.2) is 44.2 Å². The van der Waals surface area contributed by atoms with Crippen LogP contribution in [0.5, 0.6) is 0 Å². The van der Waals surface area contributed by atoms with Gasteiger partial charge in [0.2, 0.25) is 11.7 Å². The minimum Gasteiger partial charge on any atom is -0.339 e. The van der Waals surface area contributed by atoms with Gasteiger partial charge in [-0.2, -0.15) is 10.1 Å². The Morgan fingerprint density at radius 2 is 2.14 bits per heavy atom. The minimum atomic E-state index is -0.405. The molecule has 28 heavy (non-hydrogen) atoms. The summed E-state index contributed by atoms with van der Waals surface area (Å²) in [5, 5.41) is 9.95. The summed E-state index contributed by atoms with van der Waals surface area (Å²) in [7, 11) is 0. The molecule has 0 unspecified atom stereocenters. The number of aromatic amines is 1. The molecule has 1 amide bonds. The first-order valence-corrected chi connectivity index (χ1v) is 9.02. The number of nitrogens with one attached hydrogen (secondary N) is 1. The number of aromatic nitrogens is 4. The van der Waals surface area contributed by atoms with Crippen molar-refractivity contribution in [2.24, 2.45) is 5.92 Å². The summed E-state index contributed by atoms with van der Waals surface area (Å²) in [6, 6.07) is 8.96. The van der Waals surface area contributed by atoms with Crippen LogP contribution in [0.15, 0.2) is 45.7 Å². The average Bonchev–Trinajstić information content (AvgIpc) is 3.17. The quantitative estimate of drug-likeness (QED) is 0.739. The van der Waals surface area contributed by atoms with Gasteiger partial charge < -0.3 is 9.42 Å². The van der Waals surface area contributed by atoms with E-state index in [0.717, 1.165) is 12.8 Å².